The van der Waals surface area contributed by atoms with Crippen LogP contribution in [0.3, 0.4) is 0 Å². The van der Waals surface area contributed by atoms with E-state index < -0.39 is 0 Å². The lowest BCUT2D eigenvalue weighted by molar-refractivity contribution is -0.0935. The van der Waals surface area contributed by atoms with Crippen LogP contribution in [-0.4, -0.2) is 29.8 Å². The van der Waals surface area contributed by atoms with Gasteiger partial charge in [-0.05, 0) is 0 Å². The van der Waals surface area contributed by atoms with Gasteiger partial charge in [-0.15, -0.1) is 0 Å². The van der Waals surface area contributed by atoms with Gasteiger partial charge in [-0.25, -0.2) is 9.97 Å². The second-order valence-corrected chi connectivity index (χ2v) is 3.58. The fraction of sp³-hybridized carbons (Fsp3) is 0.500. The second-order valence-electron chi connectivity index (χ2n) is 2.81. The molecule has 0 bridgehead atoms. The third kappa shape index (κ3) is 2.33. The standard InChI is InChI=1S/C8H8Cl2N2O2/c9-6-3-7(10)12-8(11-6)5-4-13-1-2-14-5/h3,5H,1-2,4H2. The van der Waals surface area contributed by atoms with E-state index in [2.05, 4.69) is 9.97 Å². The molecule has 2 rings (SSSR count). The van der Waals surface area contributed by atoms with Crippen molar-refractivity contribution in [3.63, 3.8) is 0 Å². The summed E-state index contributed by atoms with van der Waals surface area (Å²) in [7, 11) is 0. The van der Waals surface area contributed by atoms with Gasteiger partial charge in [0.05, 0.1) is 19.8 Å². The smallest absolute Gasteiger partial charge is 0.162 e. The van der Waals surface area contributed by atoms with Gasteiger partial charge < -0.3 is 9.47 Å². The van der Waals surface area contributed by atoms with Crippen LogP contribution in [-0.2, 0) is 9.47 Å². The van der Waals surface area contributed by atoms with Crippen LogP contribution >= 0.6 is 23.2 Å². The Bertz CT molecular complexity index is 309. The van der Waals surface area contributed by atoms with Gasteiger partial charge in [0.15, 0.2) is 5.82 Å². The van der Waals surface area contributed by atoms with Gasteiger partial charge in [0.2, 0.25) is 0 Å². The molecule has 1 aliphatic heterocycles. The molecule has 6 heteroatoms. The summed E-state index contributed by atoms with van der Waals surface area (Å²) in [4.78, 5) is 8.05. The molecule has 0 aliphatic carbocycles. The Morgan fingerprint density at radius 1 is 1.21 bits per heavy atom. The molecule has 14 heavy (non-hydrogen) atoms. The third-order valence-electron chi connectivity index (χ3n) is 1.78. The van der Waals surface area contributed by atoms with E-state index in [-0.39, 0.29) is 6.10 Å². The average molecular weight is 235 g/mol. The molecule has 0 spiro atoms. The summed E-state index contributed by atoms with van der Waals surface area (Å²) in [6.07, 6.45) is -0.264. The molecule has 1 atom stereocenters. The van der Waals surface area contributed by atoms with E-state index in [9.17, 15) is 0 Å². The molecule has 1 saturated heterocycles. The molecule has 2 heterocycles. The molecule has 1 aromatic rings. The van der Waals surface area contributed by atoms with Crippen LogP contribution in [0, 0.1) is 0 Å². The number of rotatable bonds is 1. The summed E-state index contributed by atoms with van der Waals surface area (Å²) < 4.78 is 10.6. The number of halogens is 2. The number of hydrogen-bond donors (Lipinski definition) is 0. The van der Waals surface area contributed by atoms with Crippen LogP contribution in [0.25, 0.3) is 0 Å². The molecule has 1 aromatic heterocycles. The zero-order valence-corrected chi connectivity index (χ0v) is 8.75. The Morgan fingerprint density at radius 3 is 2.50 bits per heavy atom. The Morgan fingerprint density at radius 2 is 1.93 bits per heavy atom. The van der Waals surface area contributed by atoms with Crippen molar-refractivity contribution in [1.29, 1.82) is 0 Å². The van der Waals surface area contributed by atoms with E-state index in [1.54, 1.807) is 0 Å². The van der Waals surface area contributed by atoms with E-state index in [1.165, 1.54) is 6.07 Å². The highest BCUT2D eigenvalue weighted by molar-refractivity contribution is 6.33. The van der Waals surface area contributed by atoms with Gasteiger partial charge in [-0.2, -0.15) is 0 Å². The van der Waals surface area contributed by atoms with E-state index in [4.69, 9.17) is 32.7 Å². The summed E-state index contributed by atoms with van der Waals surface area (Å²) in [6, 6.07) is 1.48. The maximum atomic E-state index is 5.74. The van der Waals surface area contributed by atoms with E-state index >= 15 is 0 Å². The van der Waals surface area contributed by atoms with E-state index in [0.29, 0.717) is 36.0 Å². The van der Waals surface area contributed by atoms with Crippen molar-refractivity contribution in [1.82, 2.24) is 9.97 Å². The largest absolute Gasteiger partial charge is 0.376 e. The first kappa shape index (κ1) is 10.1. The highest BCUT2D eigenvalue weighted by Gasteiger charge is 2.20. The van der Waals surface area contributed by atoms with Gasteiger partial charge in [0, 0.05) is 6.07 Å². The molecule has 0 N–H and O–H groups in total. The minimum absolute atomic E-state index is 0.264. The maximum absolute atomic E-state index is 5.74. The van der Waals surface area contributed by atoms with Crippen molar-refractivity contribution < 1.29 is 9.47 Å². The molecular formula is C8H8Cl2N2O2. The van der Waals surface area contributed by atoms with E-state index in [1.807, 2.05) is 0 Å². The minimum Gasteiger partial charge on any atom is -0.376 e. The minimum atomic E-state index is -0.264. The van der Waals surface area contributed by atoms with Crippen LogP contribution in [0.5, 0.6) is 0 Å². The van der Waals surface area contributed by atoms with Crippen molar-refractivity contribution in [2.45, 2.75) is 6.10 Å². The van der Waals surface area contributed by atoms with Gasteiger partial charge in [-0.3, -0.25) is 0 Å². The van der Waals surface area contributed by atoms with Crippen molar-refractivity contribution in [2.24, 2.45) is 0 Å². The van der Waals surface area contributed by atoms with Gasteiger partial charge >= 0.3 is 0 Å². The van der Waals surface area contributed by atoms with Crippen molar-refractivity contribution in [2.75, 3.05) is 19.8 Å². The monoisotopic (exact) mass is 234 g/mol. The number of hydrogen-bond acceptors (Lipinski definition) is 4. The first-order chi connectivity index (χ1) is 6.75. The summed E-state index contributed by atoms with van der Waals surface area (Å²) in [6.45, 7) is 1.58. The van der Waals surface area contributed by atoms with E-state index in [0.717, 1.165) is 0 Å². The predicted molar refractivity (Wildman–Crippen MR) is 51.6 cm³/mol. The summed E-state index contributed by atoms with van der Waals surface area (Å²) in [5.74, 6) is 0.474. The predicted octanol–water partition coefficient (Wildman–Crippen LogP) is 1.87. The Labute approximate surface area is 91.2 Å². The number of aromatic nitrogens is 2. The summed E-state index contributed by atoms with van der Waals surface area (Å²) >= 11 is 11.5. The van der Waals surface area contributed by atoms with Crippen molar-refractivity contribution >= 4 is 23.2 Å². The molecular weight excluding hydrogens is 227 g/mol. The van der Waals surface area contributed by atoms with Gasteiger partial charge in [-0.1, -0.05) is 23.2 Å². The lowest BCUT2D eigenvalue weighted by Crippen LogP contribution is -2.23. The fourth-order valence-electron chi connectivity index (χ4n) is 1.19. The summed E-state index contributed by atoms with van der Waals surface area (Å²) in [5, 5.41) is 0.628. The third-order valence-corrected chi connectivity index (χ3v) is 2.17. The Kier molecular flexibility index (Phi) is 3.18. The lowest BCUT2D eigenvalue weighted by Gasteiger charge is -2.21. The fourth-order valence-corrected chi connectivity index (χ4v) is 1.62. The SMILES string of the molecule is Clc1cc(Cl)nc(C2COCCO2)n1. The topological polar surface area (TPSA) is 44.2 Å². The first-order valence-electron chi connectivity index (χ1n) is 4.15. The Hall–Kier alpha value is -0.420. The van der Waals surface area contributed by atoms with Crippen LogP contribution < -0.4 is 0 Å². The molecule has 4 nitrogen and oxygen atoms in total. The molecule has 1 fully saturated rings. The van der Waals surface area contributed by atoms with Crippen LogP contribution in [0.1, 0.15) is 11.9 Å². The summed E-state index contributed by atoms with van der Waals surface area (Å²) in [5.41, 5.74) is 0. The molecule has 76 valence electrons. The first-order valence-corrected chi connectivity index (χ1v) is 4.90. The average Bonchev–Trinajstić information content (AvgIpc) is 2.18. The zero-order chi connectivity index (χ0) is 9.97. The van der Waals surface area contributed by atoms with Gasteiger partial charge in [0.25, 0.3) is 0 Å². The van der Waals surface area contributed by atoms with Crippen LogP contribution in [0.2, 0.25) is 10.3 Å². The molecule has 1 unspecified atom stereocenters. The highest BCUT2D eigenvalue weighted by atomic mass is 35.5. The Balaban J connectivity index is 2.21. The maximum Gasteiger partial charge on any atom is 0.162 e. The van der Waals surface area contributed by atoms with Crippen molar-refractivity contribution in [3.8, 4) is 0 Å². The van der Waals surface area contributed by atoms with Crippen molar-refractivity contribution in [3.05, 3.63) is 22.2 Å². The highest BCUT2D eigenvalue weighted by Crippen LogP contribution is 2.20. The normalized spacial score (nSPS) is 22.3. The molecule has 0 amide bonds. The molecule has 0 saturated carbocycles. The number of nitrogens with zero attached hydrogens (tertiary/aromatic N) is 2. The second kappa shape index (κ2) is 4.40. The zero-order valence-electron chi connectivity index (χ0n) is 7.24. The molecule has 1 aliphatic rings. The molecule has 0 aromatic carbocycles. The quantitative estimate of drug-likeness (QED) is 0.697. The molecule has 0 radical (unpaired) electrons. The number of ether oxygens (including phenoxy) is 2. The lowest BCUT2D eigenvalue weighted by atomic mass is 10.3. The van der Waals surface area contributed by atoms with Crippen LogP contribution in [0.15, 0.2) is 6.07 Å². The van der Waals surface area contributed by atoms with Gasteiger partial charge in [0.1, 0.15) is 16.4 Å². The van der Waals surface area contributed by atoms with Crippen LogP contribution in [0.4, 0.5) is 0 Å².